The van der Waals surface area contributed by atoms with Crippen LogP contribution in [0.5, 0.6) is 0 Å². The van der Waals surface area contributed by atoms with Crippen LogP contribution in [0.15, 0.2) is 47.5 Å². The predicted octanol–water partition coefficient (Wildman–Crippen LogP) is 1.67. The lowest BCUT2D eigenvalue weighted by atomic mass is 10.1. The number of hydrogen-bond donors (Lipinski definition) is 2. The molecule has 2 unspecified atom stereocenters. The van der Waals surface area contributed by atoms with Gasteiger partial charge in [0.1, 0.15) is 10.6 Å². The molecule has 3 heterocycles. The molecule has 2 aliphatic rings. The van der Waals surface area contributed by atoms with Crippen LogP contribution in [-0.4, -0.2) is 53.0 Å². The van der Waals surface area contributed by atoms with Crippen molar-refractivity contribution in [3.63, 3.8) is 0 Å². The second-order valence-corrected chi connectivity index (χ2v) is 10.6. The van der Waals surface area contributed by atoms with Gasteiger partial charge in [0, 0.05) is 50.6 Å². The molecule has 8 nitrogen and oxygen atoms in total. The summed E-state index contributed by atoms with van der Waals surface area (Å²) in [5, 5.41) is 13.2. The minimum Gasteiger partial charge on any atom is -0.396 e. The van der Waals surface area contributed by atoms with Crippen LogP contribution >= 0.6 is 0 Å². The fraction of sp³-hybridized carbons (Fsp3) is 0.391. The number of nitrogens with zero attached hydrogens (tertiary/aromatic N) is 3. The third-order valence-electron chi connectivity index (χ3n) is 7.06. The Morgan fingerprint density at radius 3 is 2.69 bits per heavy atom. The van der Waals surface area contributed by atoms with E-state index in [0.29, 0.717) is 31.0 Å². The Bertz CT molecular complexity index is 1300. The van der Waals surface area contributed by atoms with Crippen molar-refractivity contribution in [2.45, 2.75) is 18.4 Å². The van der Waals surface area contributed by atoms with Crippen LogP contribution in [-0.2, 0) is 23.6 Å². The molecule has 2 atom stereocenters. The molecule has 2 aromatic heterocycles. The monoisotopic (exact) mass is 454 g/mol. The van der Waals surface area contributed by atoms with E-state index < -0.39 is 10.0 Å². The number of carbonyl (C=O) groups is 1. The maximum atomic E-state index is 13.2. The molecule has 1 aliphatic carbocycles. The minimum absolute atomic E-state index is 0.116. The van der Waals surface area contributed by atoms with Crippen LogP contribution in [0.3, 0.4) is 0 Å². The van der Waals surface area contributed by atoms with Gasteiger partial charge < -0.3 is 15.0 Å². The van der Waals surface area contributed by atoms with Gasteiger partial charge in [0.15, 0.2) is 0 Å². The molecule has 1 aromatic carbocycles. The number of aliphatic hydroxyl groups excluding tert-OH is 1. The average molecular weight is 455 g/mol. The molecular formula is C23H26N4O4S. The lowest BCUT2D eigenvalue weighted by molar-refractivity contribution is 0.0942. The Balaban J connectivity index is 1.35. The fourth-order valence-corrected chi connectivity index (χ4v) is 6.74. The van der Waals surface area contributed by atoms with E-state index in [0.717, 1.165) is 16.5 Å². The molecule has 0 radical (unpaired) electrons. The van der Waals surface area contributed by atoms with E-state index in [1.165, 1.54) is 10.4 Å². The number of nitrogens with one attached hydrogen (secondary N) is 1. The molecule has 0 bridgehead atoms. The number of hydrogen-bond acceptors (Lipinski definition) is 5. The number of benzene rings is 1. The summed E-state index contributed by atoms with van der Waals surface area (Å²) in [5.41, 5.74) is 2.63. The normalized spacial score (nSPS) is 22.8. The summed E-state index contributed by atoms with van der Waals surface area (Å²) in [6.07, 6.45) is 1.73. The molecule has 1 amide bonds. The van der Waals surface area contributed by atoms with Gasteiger partial charge in [-0.15, -0.1) is 0 Å². The van der Waals surface area contributed by atoms with E-state index in [-0.39, 0.29) is 35.2 Å². The van der Waals surface area contributed by atoms with Crippen LogP contribution in [0.1, 0.15) is 21.7 Å². The van der Waals surface area contributed by atoms with Crippen molar-refractivity contribution in [1.82, 2.24) is 19.2 Å². The first-order valence-electron chi connectivity index (χ1n) is 10.7. The van der Waals surface area contributed by atoms with Crippen LogP contribution in [0.4, 0.5) is 0 Å². The molecule has 1 aliphatic heterocycles. The van der Waals surface area contributed by atoms with Crippen molar-refractivity contribution in [2.75, 3.05) is 19.7 Å². The van der Waals surface area contributed by atoms with Crippen molar-refractivity contribution >= 4 is 26.8 Å². The zero-order chi connectivity index (χ0) is 22.6. The summed E-state index contributed by atoms with van der Waals surface area (Å²) in [4.78, 5) is 17.5. The summed E-state index contributed by atoms with van der Waals surface area (Å²) in [7, 11) is -1.99. The zero-order valence-corrected chi connectivity index (χ0v) is 18.8. The van der Waals surface area contributed by atoms with Gasteiger partial charge in [-0.05, 0) is 48.4 Å². The maximum absolute atomic E-state index is 13.2. The van der Waals surface area contributed by atoms with E-state index in [2.05, 4.69) is 10.3 Å². The molecule has 2 N–H and O–H groups in total. The first-order chi connectivity index (χ1) is 15.3. The molecule has 168 valence electrons. The number of aromatic nitrogens is 2. The smallest absolute Gasteiger partial charge is 0.268 e. The highest BCUT2D eigenvalue weighted by atomic mass is 32.2. The molecule has 0 spiro atoms. The first kappa shape index (κ1) is 21.1. The van der Waals surface area contributed by atoms with Crippen molar-refractivity contribution in [3.05, 3.63) is 59.5 Å². The molecule has 32 heavy (non-hydrogen) atoms. The number of sulfonamides is 1. The van der Waals surface area contributed by atoms with E-state index in [1.54, 1.807) is 24.7 Å². The van der Waals surface area contributed by atoms with Crippen LogP contribution in [0.2, 0.25) is 0 Å². The summed E-state index contributed by atoms with van der Waals surface area (Å²) in [6.45, 7) is 3.01. The van der Waals surface area contributed by atoms with E-state index in [4.69, 9.17) is 0 Å². The number of carbonyl (C=O) groups excluding carboxylic acids is 1. The van der Waals surface area contributed by atoms with E-state index >= 15 is 0 Å². The van der Waals surface area contributed by atoms with Crippen molar-refractivity contribution in [1.29, 1.82) is 0 Å². The van der Waals surface area contributed by atoms with Crippen molar-refractivity contribution in [2.24, 2.45) is 24.8 Å². The molecule has 2 fully saturated rings. The number of pyridine rings is 1. The lowest BCUT2D eigenvalue weighted by Crippen LogP contribution is -2.32. The highest BCUT2D eigenvalue weighted by Gasteiger charge is 2.57. The van der Waals surface area contributed by atoms with Crippen LogP contribution < -0.4 is 5.32 Å². The standard InChI is InChI=1S/C23H26N4O4S/c1-14-22(32(30,31)27-11-17-18(12-27)19(17)13-28)9-21(26(14)2)23(29)25-10-15-5-3-7-20-16(15)6-4-8-24-20/h3-9,17-19,28H,10-13H2,1-2H3,(H,25,29). The molecule has 1 saturated carbocycles. The maximum Gasteiger partial charge on any atom is 0.268 e. The predicted molar refractivity (Wildman–Crippen MR) is 119 cm³/mol. The lowest BCUT2D eigenvalue weighted by Gasteiger charge is -2.19. The van der Waals surface area contributed by atoms with Gasteiger partial charge in [-0.2, -0.15) is 4.31 Å². The Kier molecular flexibility index (Phi) is 5.07. The largest absolute Gasteiger partial charge is 0.396 e. The summed E-state index contributed by atoms with van der Waals surface area (Å²) in [5.74, 6) is 0.389. The topological polar surface area (TPSA) is 105 Å². The SMILES string of the molecule is Cc1c(S(=O)(=O)N2CC3C(CO)C3C2)cc(C(=O)NCc2cccc3ncccc23)n1C. The second-order valence-electron chi connectivity index (χ2n) is 8.70. The summed E-state index contributed by atoms with van der Waals surface area (Å²) in [6, 6.07) is 11.0. The highest BCUT2D eigenvalue weighted by Crippen LogP contribution is 2.52. The molecule has 1 saturated heterocycles. The molecular weight excluding hydrogens is 428 g/mol. The molecule has 5 rings (SSSR count). The number of fused-ring (bicyclic) bond motifs is 2. The zero-order valence-electron chi connectivity index (χ0n) is 18.0. The third-order valence-corrected chi connectivity index (χ3v) is 9.01. The number of piperidine rings is 1. The minimum atomic E-state index is -3.69. The molecule has 9 heteroatoms. The second kappa shape index (κ2) is 7.68. The van der Waals surface area contributed by atoms with Gasteiger partial charge in [-0.3, -0.25) is 9.78 Å². The quantitative estimate of drug-likeness (QED) is 0.590. The first-order valence-corrected chi connectivity index (χ1v) is 12.1. The van der Waals surface area contributed by atoms with Gasteiger partial charge in [0.25, 0.3) is 5.91 Å². The summed E-state index contributed by atoms with van der Waals surface area (Å²) >= 11 is 0. The van der Waals surface area contributed by atoms with E-state index in [1.807, 2.05) is 30.3 Å². The van der Waals surface area contributed by atoms with Gasteiger partial charge in [0.2, 0.25) is 10.0 Å². The van der Waals surface area contributed by atoms with Crippen molar-refractivity contribution < 1.29 is 18.3 Å². The number of aliphatic hydroxyl groups is 1. The number of amides is 1. The Labute approximate surface area is 186 Å². The Hall–Kier alpha value is -2.75. The highest BCUT2D eigenvalue weighted by molar-refractivity contribution is 7.89. The third kappa shape index (κ3) is 3.32. The van der Waals surface area contributed by atoms with Crippen LogP contribution in [0.25, 0.3) is 10.9 Å². The molecule has 3 aromatic rings. The Morgan fingerprint density at radius 2 is 1.97 bits per heavy atom. The van der Waals surface area contributed by atoms with Gasteiger partial charge >= 0.3 is 0 Å². The van der Waals surface area contributed by atoms with Gasteiger partial charge in [-0.1, -0.05) is 18.2 Å². The average Bonchev–Trinajstić information content (AvgIpc) is 3.09. The fourth-order valence-electron chi connectivity index (χ4n) is 4.95. The van der Waals surface area contributed by atoms with E-state index in [9.17, 15) is 18.3 Å². The van der Waals surface area contributed by atoms with Gasteiger partial charge in [0.05, 0.1) is 5.52 Å². The van der Waals surface area contributed by atoms with Gasteiger partial charge in [-0.25, -0.2) is 8.42 Å². The Morgan fingerprint density at radius 1 is 1.22 bits per heavy atom. The van der Waals surface area contributed by atoms with Crippen LogP contribution in [0, 0.1) is 24.7 Å². The van der Waals surface area contributed by atoms with Crippen molar-refractivity contribution in [3.8, 4) is 0 Å². The number of rotatable bonds is 6. The summed E-state index contributed by atoms with van der Waals surface area (Å²) < 4.78 is 29.6.